The number of carbonyl (C=O) groups excluding carboxylic acids is 1. The van der Waals surface area contributed by atoms with Gasteiger partial charge in [-0.2, -0.15) is 5.10 Å². The van der Waals surface area contributed by atoms with E-state index in [1.807, 2.05) is 0 Å². The van der Waals surface area contributed by atoms with Gasteiger partial charge in [-0.1, -0.05) is 0 Å². The van der Waals surface area contributed by atoms with Gasteiger partial charge in [0.2, 0.25) is 0 Å². The third-order valence-corrected chi connectivity index (χ3v) is 3.20. The molecule has 1 aromatic heterocycles. The SMILES string of the molecule is CCOC(=O)c1nn(CCCC2CCCO2)cc1N. The predicted molar refractivity (Wildman–Crippen MR) is 70.8 cm³/mol. The Morgan fingerprint density at radius 3 is 3.21 bits per heavy atom. The van der Waals surface area contributed by atoms with Crippen LogP contribution in [0.25, 0.3) is 0 Å². The highest BCUT2D eigenvalue weighted by Crippen LogP contribution is 2.17. The zero-order chi connectivity index (χ0) is 13.7. The molecule has 0 aliphatic carbocycles. The van der Waals surface area contributed by atoms with Crippen LogP contribution in [-0.2, 0) is 16.0 Å². The fourth-order valence-electron chi connectivity index (χ4n) is 2.26. The number of nitrogens with two attached hydrogens (primary N) is 1. The van der Waals surface area contributed by atoms with Crippen LogP contribution in [-0.4, -0.2) is 35.1 Å². The van der Waals surface area contributed by atoms with Crippen molar-refractivity contribution in [2.24, 2.45) is 0 Å². The number of aryl methyl sites for hydroxylation is 1. The van der Waals surface area contributed by atoms with Crippen molar-refractivity contribution in [1.29, 1.82) is 0 Å². The van der Waals surface area contributed by atoms with Gasteiger partial charge in [-0.05, 0) is 32.6 Å². The molecule has 0 saturated carbocycles. The number of nitrogen functional groups attached to an aromatic ring is 1. The standard InChI is InChI=1S/C13H21N3O3/c1-2-18-13(17)12-11(14)9-16(15-12)7-3-5-10-6-4-8-19-10/h9-10H,2-8,14H2,1H3. The number of hydrogen-bond donors (Lipinski definition) is 1. The maximum atomic E-state index is 11.6. The van der Waals surface area contributed by atoms with Crippen molar-refractivity contribution >= 4 is 11.7 Å². The van der Waals surface area contributed by atoms with Crippen molar-refractivity contribution < 1.29 is 14.3 Å². The van der Waals surface area contributed by atoms with Crippen molar-refractivity contribution in [2.45, 2.75) is 45.3 Å². The number of rotatable bonds is 6. The van der Waals surface area contributed by atoms with Crippen LogP contribution in [0.2, 0.25) is 0 Å². The molecule has 1 saturated heterocycles. The minimum Gasteiger partial charge on any atom is -0.461 e. The predicted octanol–water partition coefficient (Wildman–Crippen LogP) is 1.60. The fourth-order valence-corrected chi connectivity index (χ4v) is 2.26. The molecule has 1 aliphatic heterocycles. The highest BCUT2D eigenvalue weighted by molar-refractivity contribution is 5.92. The van der Waals surface area contributed by atoms with Gasteiger partial charge in [0.25, 0.3) is 0 Å². The van der Waals surface area contributed by atoms with Crippen molar-refractivity contribution in [3.05, 3.63) is 11.9 Å². The van der Waals surface area contributed by atoms with Crippen LogP contribution in [0.4, 0.5) is 5.69 Å². The summed E-state index contributed by atoms with van der Waals surface area (Å²) < 4.78 is 12.2. The summed E-state index contributed by atoms with van der Waals surface area (Å²) in [5.41, 5.74) is 6.34. The third kappa shape index (κ3) is 3.70. The Kier molecular flexibility index (Phi) is 4.79. The Bertz CT molecular complexity index is 425. The average molecular weight is 267 g/mol. The van der Waals surface area contributed by atoms with E-state index >= 15 is 0 Å². The molecule has 106 valence electrons. The molecule has 0 amide bonds. The second-order valence-electron chi connectivity index (χ2n) is 4.69. The van der Waals surface area contributed by atoms with E-state index in [-0.39, 0.29) is 5.69 Å². The molecule has 0 radical (unpaired) electrons. The van der Waals surface area contributed by atoms with Gasteiger partial charge >= 0.3 is 5.97 Å². The minimum atomic E-state index is -0.460. The van der Waals surface area contributed by atoms with Crippen LogP contribution in [0.15, 0.2) is 6.20 Å². The Labute approximate surface area is 112 Å². The first kappa shape index (κ1) is 13.9. The van der Waals surface area contributed by atoms with E-state index in [4.69, 9.17) is 15.2 Å². The maximum absolute atomic E-state index is 11.6. The maximum Gasteiger partial charge on any atom is 0.361 e. The van der Waals surface area contributed by atoms with E-state index in [2.05, 4.69) is 5.10 Å². The number of esters is 1. The molecule has 0 bridgehead atoms. The molecule has 2 heterocycles. The number of aromatic nitrogens is 2. The second-order valence-corrected chi connectivity index (χ2v) is 4.69. The molecule has 1 unspecified atom stereocenters. The van der Waals surface area contributed by atoms with Gasteiger partial charge in [0.15, 0.2) is 5.69 Å². The summed E-state index contributed by atoms with van der Waals surface area (Å²) >= 11 is 0. The lowest BCUT2D eigenvalue weighted by molar-refractivity contribution is 0.0519. The first-order chi connectivity index (χ1) is 9.20. The number of carbonyl (C=O) groups is 1. The third-order valence-electron chi connectivity index (χ3n) is 3.20. The van der Waals surface area contributed by atoms with Gasteiger partial charge in [0.05, 0.1) is 18.4 Å². The summed E-state index contributed by atoms with van der Waals surface area (Å²) in [5.74, 6) is -0.460. The quantitative estimate of drug-likeness (QED) is 0.792. The van der Waals surface area contributed by atoms with E-state index in [0.717, 1.165) is 38.8 Å². The van der Waals surface area contributed by atoms with Crippen LogP contribution >= 0.6 is 0 Å². The molecule has 1 aliphatic rings. The summed E-state index contributed by atoms with van der Waals surface area (Å²) in [6, 6.07) is 0. The monoisotopic (exact) mass is 267 g/mol. The molecule has 1 aromatic rings. The van der Waals surface area contributed by atoms with Crippen LogP contribution in [0, 0.1) is 0 Å². The van der Waals surface area contributed by atoms with Crippen molar-refractivity contribution in [1.82, 2.24) is 9.78 Å². The average Bonchev–Trinajstić information content (AvgIpc) is 2.99. The molecule has 1 fully saturated rings. The molecular weight excluding hydrogens is 246 g/mol. The Morgan fingerprint density at radius 1 is 1.68 bits per heavy atom. The smallest absolute Gasteiger partial charge is 0.361 e. The van der Waals surface area contributed by atoms with Crippen LogP contribution < -0.4 is 5.73 Å². The molecule has 2 N–H and O–H groups in total. The largest absolute Gasteiger partial charge is 0.461 e. The van der Waals surface area contributed by atoms with Crippen molar-refractivity contribution in [2.75, 3.05) is 18.9 Å². The number of ether oxygens (including phenoxy) is 2. The number of nitrogens with zero attached hydrogens (tertiary/aromatic N) is 2. The summed E-state index contributed by atoms with van der Waals surface area (Å²) in [5, 5.41) is 4.17. The van der Waals surface area contributed by atoms with E-state index in [9.17, 15) is 4.79 Å². The molecule has 0 spiro atoms. The van der Waals surface area contributed by atoms with Gasteiger partial charge < -0.3 is 15.2 Å². The normalized spacial score (nSPS) is 18.7. The molecule has 0 aromatic carbocycles. The van der Waals surface area contributed by atoms with Crippen molar-refractivity contribution in [3.8, 4) is 0 Å². The molecule has 6 nitrogen and oxygen atoms in total. The molecular formula is C13H21N3O3. The molecule has 1 atom stereocenters. The van der Waals surface area contributed by atoms with Gasteiger partial charge in [-0.3, -0.25) is 4.68 Å². The van der Waals surface area contributed by atoms with Crippen LogP contribution in [0.5, 0.6) is 0 Å². The summed E-state index contributed by atoms with van der Waals surface area (Å²) in [6.07, 6.45) is 6.36. The lowest BCUT2D eigenvalue weighted by Crippen LogP contribution is -2.10. The second kappa shape index (κ2) is 6.56. The Balaban J connectivity index is 1.83. The molecule has 6 heteroatoms. The van der Waals surface area contributed by atoms with E-state index in [0.29, 0.717) is 18.4 Å². The molecule has 19 heavy (non-hydrogen) atoms. The number of anilines is 1. The first-order valence-electron chi connectivity index (χ1n) is 6.82. The zero-order valence-electron chi connectivity index (χ0n) is 11.3. The van der Waals surface area contributed by atoms with E-state index < -0.39 is 5.97 Å². The fraction of sp³-hybridized carbons (Fsp3) is 0.692. The highest BCUT2D eigenvalue weighted by Gasteiger charge is 2.17. The van der Waals surface area contributed by atoms with Crippen molar-refractivity contribution in [3.63, 3.8) is 0 Å². The minimum absolute atomic E-state index is 0.207. The van der Waals surface area contributed by atoms with Gasteiger partial charge in [-0.25, -0.2) is 4.79 Å². The van der Waals surface area contributed by atoms with Gasteiger partial charge in [0, 0.05) is 19.3 Å². The van der Waals surface area contributed by atoms with Crippen LogP contribution in [0.3, 0.4) is 0 Å². The Hall–Kier alpha value is -1.56. The first-order valence-corrected chi connectivity index (χ1v) is 6.82. The van der Waals surface area contributed by atoms with Gasteiger partial charge in [0.1, 0.15) is 0 Å². The Morgan fingerprint density at radius 2 is 2.53 bits per heavy atom. The highest BCUT2D eigenvalue weighted by atomic mass is 16.5. The van der Waals surface area contributed by atoms with Gasteiger partial charge in [-0.15, -0.1) is 0 Å². The summed E-state index contributed by atoms with van der Waals surface area (Å²) in [7, 11) is 0. The van der Waals surface area contributed by atoms with Crippen LogP contribution in [0.1, 0.15) is 43.1 Å². The lowest BCUT2D eigenvalue weighted by Gasteiger charge is -2.08. The number of hydrogen-bond acceptors (Lipinski definition) is 5. The summed E-state index contributed by atoms with van der Waals surface area (Å²) in [6.45, 7) is 3.70. The topological polar surface area (TPSA) is 79.4 Å². The van der Waals surface area contributed by atoms with E-state index in [1.165, 1.54) is 0 Å². The molecule has 2 rings (SSSR count). The summed E-state index contributed by atoms with van der Waals surface area (Å²) in [4.78, 5) is 11.6. The lowest BCUT2D eigenvalue weighted by atomic mass is 10.1. The zero-order valence-corrected chi connectivity index (χ0v) is 11.3. The van der Waals surface area contributed by atoms with E-state index in [1.54, 1.807) is 17.8 Å².